The molecular weight excluding hydrogens is 358 g/mol. The van der Waals surface area contributed by atoms with E-state index in [4.69, 9.17) is 4.74 Å². The molecule has 28 heavy (non-hydrogen) atoms. The smallest absolute Gasteiger partial charge is 0.251 e. The van der Waals surface area contributed by atoms with Crippen LogP contribution in [0, 0.1) is 0 Å². The van der Waals surface area contributed by atoms with Crippen molar-refractivity contribution in [3.63, 3.8) is 0 Å². The molecular formula is C19H27N7O2. The van der Waals surface area contributed by atoms with Crippen LogP contribution in [-0.4, -0.2) is 53.9 Å². The molecule has 150 valence electrons. The number of aliphatic imine (C=N–C) groups is 1. The Labute approximate surface area is 164 Å². The van der Waals surface area contributed by atoms with Crippen molar-refractivity contribution >= 4 is 11.9 Å². The van der Waals surface area contributed by atoms with Gasteiger partial charge in [0.05, 0.1) is 6.54 Å². The number of hydrogen-bond donors (Lipinski definition) is 3. The Morgan fingerprint density at radius 3 is 3.04 bits per heavy atom. The number of rotatable bonds is 6. The van der Waals surface area contributed by atoms with Gasteiger partial charge in [0.15, 0.2) is 11.8 Å². The van der Waals surface area contributed by atoms with E-state index < -0.39 is 0 Å². The summed E-state index contributed by atoms with van der Waals surface area (Å²) in [7, 11) is 5.02. The van der Waals surface area contributed by atoms with E-state index in [1.165, 1.54) is 0 Å². The van der Waals surface area contributed by atoms with Crippen LogP contribution in [0.1, 0.15) is 34.0 Å². The average Bonchev–Trinajstić information content (AvgIpc) is 3.12. The molecule has 1 aromatic heterocycles. The van der Waals surface area contributed by atoms with Gasteiger partial charge in [-0.1, -0.05) is 12.1 Å². The van der Waals surface area contributed by atoms with E-state index in [1.807, 2.05) is 22.9 Å². The Morgan fingerprint density at radius 1 is 1.43 bits per heavy atom. The van der Waals surface area contributed by atoms with E-state index in [-0.39, 0.29) is 11.9 Å². The first kappa shape index (κ1) is 19.8. The van der Waals surface area contributed by atoms with Gasteiger partial charge < -0.3 is 20.7 Å². The van der Waals surface area contributed by atoms with Crippen LogP contribution in [0.4, 0.5) is 0 Å². The number of carbonyl (C=O) groups is 1. The Bertz CT molecular complexity index is 847. The van der Waals surface area contributed by atoms with Crippen LogP contribution in [0.2, 0.25) is 0 Å². The average molecular weight is 385 g/mol. The lowest BCUT2D eigenvalue weighted by Gasteiger charge is -2.25. The second kappa shape index (κ2) is 9.32. The van der Waals surface area contributed by atoms with Gasteiger partial charge in [0, 0.05) is 45.8 Å². The molecule has 9 nitrogen and oxygen atoms in total. The van der Waals surface area contributed by atoms with Crippen LogP contribution in [-0.2, 0) is 30.9 Å². The van der Waals surface area contributed by atoms with Gasteiger partial charge >= 0.3 is 0 Å². The molecule has 9 heteroatoms. The fourth-order valence-electron chi connectivity index (χ4n) is 3.21. The molecule has 0 aliphatic carbocycles. The maximum atomic E-state index is 11.8. The highest BCUT2D eigenvalue weighted by molar-refractivity contribution is 5.94. The van der Waals surface area contributed by atoms with Crippen molar-refractivity contribution < 1.29 is 9.53 Å². The van der Waals surface area contributed by atoms with Crippen molar-refractivity contribution in [1.29, 1.82) is 0 Å². The maximum absolute atomic E-state index is 11.8. The van der Waals surface area contributed by atoms with Crippen molar-refractivity contribution in [3.05, 3.63) is 47.0 Å². The van der Waals surface area contributed by atoms with E-state index in [1.54, 1.807) is 27.3 Å². The number of aryl methyl sites for hydroxylation is 1. The van der Waals surface area contributed by atoms with Gasteiger partial charge in [-0.2, -0.15) is 5.10 Å². The number of hydrogen-bond acceptors (Lipinski definition) is 5. The third-order valence-electron chi connectivity index (χ3n) is 4.62. The van der Waals surface area contributed by atoms with Gasteiger partial charge in [-0.3, -0.25) is 9.79 Å². The zero-order valence-electron chi connectivity index (χ0n) is 16.5. The van der Waals surface area contributed by atoms with E-state index in [0.717, 1.165) is 42.6 Å². The standard InChI is InChI=1S/C19H27N7O2/c1-20-18(27)14-6-4-5-13(9-14)10-22-19(21-2)23-15-7-8-17-24-16(12-28-3)25-26(17)11-15/h4-6,9,15H,7-8,10-12H2,1-3H3,(H,20,27)(H2,21,22,23). The number of fused-ring (bicyclic) bond motifs is 1. The van der Waals surface area contributed by atoms with Crippen LogP contribution >= 0.6 is 0 Å². The molecule has 1 unspecified atom stereocenters. The lowest BCUT2D eigenvalue weighted by Crippen LogP contribution is -2.46. The molecule has 0 saturated heterocycles. The first-order valence-corrected chi connectivity index (χ1v) is 9.32. The summed E-state index contributed by atoms with van der Waals surface area (Å²) in [6.07, 6.45) is 1.82. The second-order valence-electron chi connectivity index (χ2n) is 6.64. The predicted octanol–water partition coefficient (Wildman–Crippen LogP) is 0.464. The number of nitrogens with one attached hydrogen (secondary N) is 3. The molecule has 2 aromatic rings. The van der Waals surface area contributed by atoms with Crippen LogP contribution in [0.15, 0.2) is 29.3 Å². The van der Waals surface area contributed by atoms with E-state index in [0.29, 0.717) is 18.7 Å². The molecule has 0 radical (unpaired) electrons. The van der Waals surface area contributed by atoms with Crippen molar-refractivity contribution in [2.45, 2.75) is 38.6 Å². The molecule has 2 heterocycles. The van der Waals surface area contributed by atoms with Crippen molar-refractivity contribution in [2.24, 2.45) is 4.99 Å². The molecule has 3 rings (SSSR count). The monoisotopic (exact) mass is 385 g/mol. The molecule has 1 aromatic carbocycles. The summed E-state index contributed by atoms with van der Waals surface area (Å²) in [4.78, 5) is 20.6. The number of guanidine groups is 1. The number of amides is 1. The number of ether oxygens (including phenoxy) is 1. The van der Waals surface area contributed by atoms with Crippen molar-refractivity contribution in [2.75, 3.05) is 21.2 Å². The van der Waals surface area contributed by atoms with Gasteiger partial charge in [0.25, 0.3) is 5.91 Å². The molecule has 0 bridgehead atoms. The van der Waals surface area contributed by atoms with E-state index >= 15 is 0 Å². The quantitative estimate of drug-likeness (QED) is 0.493. The van der Waals surface area contributed by atoms with Gasteiger partial charge in [-0.25, -0.2) is 9.67 Å². The number of benzene rings is 1. The number of aromatic nitrogens is 3. The molecule has 1 aliphatic heterocycles. The van der Waals surface area contributed by atoms with Crippen LogP contribution < -0.4 is 16.0 Å². The molecule has 0 fully saturated rings. The van der Waals surface area contributed by atoms with Gasteiger partial charge in [0.2, 0.25) is 0 Å². The normalized spacial score (nSPS) is 16.4. The van der Waals surface area contributed by atoms with Crippen LogP contribution in [0.3, 0.4) is 0 Å². The fraction of sp³-hybridized carbons (Fsp3) is 0.474. The number of nitrogens with zero attached hydrogens (tertiary/aromatic N) is 4. The minimum absolute atomic E-state index is 0.0944. The highest BCUT2D eigenvalue weighted by Gasteiger charge is 2.22. The van der Waals surface area contributed by atoms with Gasteiger partial charge in [-0.05, 0) is 24.1 Å². The summed E-state index contributed by atoms with van der Waals surface area (Å²) >= 11 is 0. The summed E-state index contributed by atoms with van der Waals surface area (Å²) in [5.74, 6) is 2.34. The SMILES string of the molecule is CN=C(NCc1cccc(C(=O)NC)c1)NC1CCc2nc(COC)nn2C1. The molecule has 1 atom stereocenters. The second-order valence-corrected chi connectivity index (χ2v) is 6.64. The molecule has 0 spiro atoms. The first-order valence-electron chi connectivity index (χ1n) is 9.32. The predicted molar refractivity (Wildman–Crippen MR) is 106 cm³/mol. The highest BCUT2D eigenvalue weighted by Crippen LogP contribution is 2.13. The van der Waals surface area contributed by atoms with Crippen LogP contribution in [0.5, 0.6) is 0 Å². The first-order chi connectivity index (χ1) is 13.6. The highest BCUT2D eigenvalue weighted by atomic mass is 16.5. The molecule has 1 amide bonds. The minimum Gasteiger partial charge on any atom is -0.377 e. The molecule has 1 aliphatic rings. The van der Waals surface area contributed by atoms with Gasteiger partial charge in [0.1, 0.15) is 12.4 Å². The van der Waals surface area contributed by atoms with E-state index in [9.17, 15) is 4.79 Å². The molecule has 0 saturated carbocycles. The zero-order chi connectivity index (χ0) is 19.9. The Morgan fingerprint density at radius 2 is 2.29 bits per heavy atom. The lowest BCUT2D eigenvalue weighted by atomic mass is 10.1. The fourth-order valence-corrected chi connectivity index (χ4v) is 3.21. The van der Waals surface area contributed by atoms with Crippen molar-refractivity contribution in [3.8, 4) is 0 Å². The van der Waals surface area contributed by atoms with E-state index in [2.05, 4.69) is 31.0 Å². The Balaban J connectivity index is 1.56. The summed E-state index contributed by atoms with van der Waals surface area (Å²) < 4.78 is 7.05. The summed E-state index contributed by atoms with van der Waals surface area (Å²) in [6.45, 7) is 1.74. The largest absolute Gasteiger partial charge is 0.377 e. The third-order valence-corrected chi connectivity index (χ3v) is 4.62. The topological polar surface area (TPSA) is 105 Å². The Kier molecular flexibility index (Phi) is 6.59. The zero-order valence-corrected chi connectivity index (χ0v) is 16.5. The summed E-state index contributed by atoms with van der Waals surface area (Å²) in [6, 6.07) is 7.74. The summed E-state index contributed by atoms with van der Waals surface area (Å²) in [5, 5.41) is 13.9. The van der Waals surface area contributed by atoms with Gasteiger partial charge in [-0.15, -0.1) is 0 Å². The minimum atomic E-state index is -0.0944. The third kappa shape index (κ3) is 4.86. The van der Waals surface area contributed by atoms with Crippen molar-refractivity contribution in [1.82, 2.24) is 30.7 Å². The maximum Gasteiger partial charge on any atom is 0.251 e. The van der Waals surface area contributed by atoms with Crippen LogP contribution in [0.25, 0.3) is 0 Å². The number of methoxy groups -OCH3 is 1. The summed E-state index contributed by atoms with van der Waals surface area (Å²) in [5.41, 5.74) is 1.65. The number of carbonyl (C=O) groups excluding carboxylic acids is 1. The lowest BCUT2D eigenvalue weighted by molar-refractivity contribution is 0.0963. The molecule has 3 N–H and O–H groups in total. The Hall–Kier alpha value is -2.94.